The van der Waals surface area contributed by atoms with Gasteiger partial charge in [-0.15, -0.1) is 0 Å². The van der Waals surface area contributed by atoms with Gasteiger partial charge in [-0.2, -0.15) is 0 Å². The number of benzene rings is 2. The second-order valence-corrected chi connectivity index (χ2v) is 7.93. The molecule has 0 aromatic heterocycles. The number of nitrogens with zero attached hydrogens (tertiary/aromatic N) is 2. The molecule has 2 bridgehead atoms. The Balaban J connectivity index is 1.42. The Morgan fingerprint density at radius 3 is 2.46 bits per heavy atom. The number of Topliss-reactive ketones (excluding diaryl/α,β-unsaturated/α-hetero) is 1. The van der Waals surface area contributed by atoms with Crippen LogP contribution in [0, 0.1) is 0 Å². The summed E-state index contributed by atoms with van der Waals surface area (Å²) >= 11 is 0. The lowest BCUT2D eigenvalue weighted by molar-refractivity contribution is 0.101. The number of hydrogen-bond donors (Lipinski definition) is 1. The minimum absolute atomic E-state index is 0.0210. The van der Waals surface area contributed by atoms with Crippen molar-refractivity contribution in [2.75, 3.05) is 25.5 Å². The molecule has 2 aromatic rings. The average Bonchev–Trinajstić information content (AvgIpc) is 2.94. The van der Waals surface area contributed by atoms with E-state index >= 15 is 0 Å². The van der Waals surface area contributed by atoms with Crippen molar-refractivity contribution in [1.29, 1.82) is 0 Å². The molecule has 2 atom stereocenters. The highest BCUT2D eigenvalue weighted by molar-refractivity contribution is 5.95. The molecule has 0 aliphatic carbocycles. The molecule has 2 amide bonds. The van der Waals surface area contributed by atoms with Crippen LogP contribution in [-0.4, -0.2) is 53.8 Å². The molecule has 1 N–H and O–H groups in total. The maximum absolute atomic E-state index is 12.7. The molecule has 0 saturated carbocycles. The van der Waals surface area contributed by atoms with Gasteiger partial charge in [-0.25, -0.2) is 4.79 Å². The van der Waals surface area contributed by atoms with E-state index in [1.807, 2.05) is 53.4 Å². The number of urea groups is 1. The Bertz CT molecular complexity index is 878. The molecule has 2 aliphatic heterocycles. The van der Waals surface area contributed by atoms with Gasteiger partial charge in [-0.3, -0.25) is 9.69 Å². The third-order valence-corrected chi connectivity index (χ3v) is 6.17. The summed E-state index contributed by atoms with van der Waals surface area (Å²) in [7, 11) is 2.18. The highest BCUT2D eigenvalue weighted by atomic mass is 16.2. The fraction of sp³-hybridized carbons (Fsp3) is 0.391. The summed E-state index contributed by atoms with van der Waals surface area (Å²) < 4.78 is 0. The zero-order chi connectivity index (χ0) is 19.7. The van der Waals surface area contributed by atoms with Crippen LogP contribution < -0.4 is 5.32 Å². The van der Waals surface area contributed by atoms with Crippen LogP contribution in [0.3, 0.4) is 0 Å². The molecule has 28 heavy (non-hydrogen) atoms. The molecule has 4 rings (SSSR count). The number of likely N-dealkylation sites (tertiary alicyclic amines) is 1. The number of carbonyl (C=O) groups excluding carboxylic acids is 2. The molecule has 5 nitrogen and oxygen atoms in total. The Hall–Kier alpha value is -2.66. The molecule has 0 spiro atoms. The maximum Gasteiger partial charge on any atom is 0.321 e. The Morgan fingerprint density at radius 1 is 0.964 bits per heavy atom. The summed E-state index contributed by atoms with van der Waals surface area (Å²) in [5.41, 5.74) is 3.52. The van der Waals surface area contributed by atoms with Gasteiger partial charge in [0.25, 0.3) is 0 Å². The van der Waals surface area contributed by atoms with Crippen LogP contribution in [-0.2, 0) is 0 Å². The molecule has 2 aromatic carbocycles. The summed E-state index contributed by atoms with van der Waals surface area (Å²) in [6, 6.07) is 16.5. The SMILES string of the molecule is CC(=O)c1cccc(-c2ccc(NC(=O)N3CC[C@H]4CC[C@@H](C3)N4C)cc2)c1. The van der Waals surface area contributed by atoms with Crippen LogP contribution in [0.5, 0.6) is 0 Å². The van der Waals surface area contributed by atoms with E-state index in [2.05, 4.69) is 17.3 Å². The number of hydrogen-bond acceptors (Lipinski definition) is 3. The molecule has 2 aliphatic rings. The van der Waals surface area contributed by atoms with Gasteiger partial charge in [0.05, 0.1) is 0 Å². The van der Waals surface area contributed by atoms with Gasteiger partial charge < -0.3 is 10.2 Å². The first-order chi connectivity index (χ1) is 13.5. The lowest BCUT2D eigenvalue weighted by Gasteiger charge is -2.26. The van der Waals surface area contributed by atoms with Gasteiger partial charge in [0.1, 0.15) is 0 Å². The van der Waals surface area contributed by atoms with Crippen molar-refractivity contribution in [3.8, 4) is 11.1 Å². The standard InChI is InChI=1S/C23H27N3O2/c1-16(27)18-4-3-5-19(14-18)17-6-8-20(9-7-17)24-23(28)26-13-12-21-10-11-22(15-26)25(21)2/h3-9,14,21-22H,10-13,15H2,1-2H3,(H,24,28)/t21-,22+/m1/s1. The van der Waals surface area contributed by atoms with Crippen LogP contribution in [0.1, 0.15) is 36.5 Å². The maximum atomic E-state index is 12.7. The number of ketones is 1. The first-order valence-electron chi connectivity index (χ1n) is 10.0. The van der Waals surface area contributed by atoms with E-state index in [1.165, 1.54) is 12.8 Å². The quantitative estimate of drug-likeness (QED) is 0.814. The molecule has 2 heterocycles. The fourth-order valence-electron chi connectivity index (χ4n) is 4.36. The number of fused-ring (bicyclic) bond motifs is 2. The normalized spacial score (nSPS) is 22.0. The fourth-order valence-corrected chi connectivity index (χ4v) is 4.36. The third-order valence-electron chi connectivity index (χ3n) is 6.17. The molecule has 0 unspecified atom stereocenters. The topological polar surface area (TPSA) is 52.7 Å². The Morgan fingerprint density at radius 2 is 1.71 bits per heavy atom. The summed E-state index contributed by atoms with van der Waals surface area (Å²) in [6.45, 7) is 3.19. The van der Waals surface area contributed by atoms with Gasteiger partial charge in [-0.1, -0.05) is 30.3 Å². The minimum Gasteiger partial charge on any atom is -0.323 e. The summed E-state index contributed by atoms with van der Waals surface area (Å²) in [4.78, 5) is 28.7. The first-order valence-corrected chi connectivity index (χ1v) is 10.0. The summed E-state index contributed by atoms with van der Waals surface area (Å²) in [6.07, 6.45) is 3.48. The highest BCUT2D eigenvalue weighted by Crippen LogP contribution is 2.29. The molecule has 0 radical (unpaired) electrons. The molecule has 5 heteroatoms. The number of nitrogens with one attached hydrogen (secondary N) is 1. The van der Waals surface area contributed by atoms with Gasteiger partial charge in [0.15, 0.2) is 5.78 Å². The van der Waals surface area contributed by atoms with E-state index < -0.39 is 0 Å². The van der Waals surface area contributed by atoms with E-state index in [9.17, 15) is 9.59 Å². The van der Waals surface area contributed by atoms with Crippen LogP contribution in [0.2, 0.25) is 0 Å². The van der Waals surface area contributed by atoms with Crippen molar-refractivity contribution >= 4 is 17.5 Å². The van der Waals surface area contributed by atoms with E-state index in [0.717, 1.165) is 36.3 Å². The zero-order valence-electron chi connectivity index (χ0n) is 16.5. The predicted octanol–water partition coefficient (Wildman–Crippen LogP) is 4.26. The molecule has 2 fully saturated rings. The number of carbonyl (C=O) groups is 2. The highest BCUT2D eigenvalue weighted by Gasteiger charge is 2.35. The van der Waals surface area contributed by atoms with Crippen molar-refractivity contribution in [2.24, 2.45) is 0 Å². The molecule has 2 saturated heterocycles. The average molecular weight is 377 g/mol. The lowest BCUT2D eigenvalue weighted by atomic mass is 10.0. The third kappa shape index (κ3) is 3.80. The minimum atomic E-state index is -0.0210. The van der Waals surface area contributed by atoms with Gasteiger partial charge in [0.2, 0.25) is 0 Å². The van der Waals surface area contributed by atoms with Gasteiger partial charge >= 0.3 is 6.03 Å². The number of rotatable bonds is 3. The van der Waals surface area contributed by atoms with E-state index in [1.54, 1.807) is 6.92 Å². The molecular formula is C23H27N3O2. The monoisotopic (exact) mass is 377 g/mol. The van der Waals surface area contributed by atoms with Crippen molar-refractivity contribution in [3.63, 3.8) is 0 Å². The van der Waals surface area contributed by atoms with Gasteiger partial charge in [0, 0.05) is 36.4 Å². The molecule has 146 valence electrons. The van der Waals surface area contributed by atoms with Gasteiger partial charge in [-0.05, 0) is 62.6 Å². The van der Waals surface area contributed by atoms with Crippen LogP contribution in [0.25, 0.3) is 11.1 Å². The van der Waals surface area contributed by atoms with E-state index in [4.69, 9.17) is 0 Å². The Kier molecular flexibility index (Phi) is 5.18. The zero-order valence-corrected chi connectivity index (χ0v) is 16.5. The van der Waals surface area contributed by atoms with Crippen molar-refractivity contribution in [1.82, 2.24) is 9.80 Å². The first kappa shape index (κ1) is 18.7. The second-order valence-electron chi connectivity index (χ2n) is 7.93. The largest absolute Gasteiger partial charge is 0.323 e. The van der Waals surface area contributed by atoms with Crippen LogP contribution in [0.4, 0.5) is 10.5 Å². The van der Waals surface area contributed by atoms with Crippen molar-refractivity contribution in [2.45, 2.75) is 38.3 Å². The Labute approximate surface area is 166 Å². The summed E-state index contributed by atoms with van der Waals surface area (Å²) in [5, 5.41) is 3.04. The van der Waals surface area contributed by atoms with E-state index in [-0.39, 0.29) is 11.8 Å². The second kappa shape index (κ2) is 7.76. The van der Waals surface area contributed by atoms with Crippen molar-refractivity contribution < 1.29 is 9.59 Å². The van der Waals surface area contributed by atoms with Crippen molar-refractivity contribution in [3.05, 3.63) is 54.1 Å². The smallest absolute Gasteiger partial charge is 0.321 e. The number of likely N-dealkylation sites (N-methyl/N-ethyl adjacent to an activating group) is 1. The summed E-state index contributed by atoms with van der Waals surface area (Å²) in [5.74, 6) is 0.0579. The molecular weight excluding hydrogens is 350 g/mol. The van der Waals surface area contributed by atoms with E-state index in [0.29, 0.717) is 17.6 Å². The predicted molar refractivity (Wildman–Crippen MR) is 112 cm³/mol. The number of anilines is 1. The van der Waals surface area contributed by atoms with Crippen LogP contribution >= 0.6 is 0 Å². The van der Waals surface area contributed by atoms with Crippen LogP contribution in [0.15, 0.2) is 48.5 Å². The number of amides is 2. The lowest BCUT2D eigenvalue weighted by Crippen LogP contribution is -2.41.